The summed E-state index contributed by atoms with van der Waals surface area (Å²) in [5.74, 6) is -0.662. The average molecular weight is 394 g/mol. The Labute approximate surface area is 169 Å². The van der Waals surface area contributed by atoms with Crippen LogP contribution in [0.15, 0.2) is 48.5 Å². The van der Waals surface area contributed by atoms with Crippen LogP contribution in [0.2, 0.25) is 0 Å². The second kappa shape index (κ2) is 8.17. The number of benzene rings is 2. The molecule has 1 aliphatic rings. The second-order valence-electron chi connectivity index (χ2n) is 7.22. The molecule has 0 bridgehead atoms. The largest absolute Gasteiger partial charge is 0.465 e. The quantitative estimate of drug-likeness (QED) is 0.612. The summed E-state index contributed by atoms with van der Waals surface area (Å²) in [6, 6.07) is 14.1. The van der Waals surface area contributed by atoms with Crippen molar-refractivity contribution in [2.75, 3.05) is 32.3 Å². The molecule has 1 aromatic heterocycles. The number of rotatable bonds is 4. The molecule has 5 nitrogen and oxygen atoms in total. The summed E-state index contributed by atoms with van der Waals surface area (Å²) >= 11 is 0. The van der Waals surface area contributed by atoms with Crippen LogP contribution in [0.1, 0.15) is 23.2 Å². The summed E-state index contributed by atoms with van der Waals surface area (Å²) < 4.78 is 23.8. The van der Waals surface area contributed by atoms with Crippen LogP contribution in [-0.4, -0.2) is 44.4 Å². The normalized spacial score (nSPS) is 14.7. The lowest BCUT2D eigenvalue weighted by Crippen LogP contribution is -2.37. The molecule has 0 aliphatic carbocycles. The molecule has 2 heterocycles. The minimum atomic E-state index is -0.381. The highest BCUT2D eigenvalue weighted by molar-refractivity contribution is 5.96. The maximum Gasteiger partial charge on any atom is 0.337 e. The molecule has 1 aliphatic heterocycles. The fourth-order valence-corrected chi connectivity index (χ4v) is 3.77. The van der Waals surface area contributed by atoms with E-state index in [9.17, 15) is 9.18 Å². The zero-order valence-electron chi connectivity index (χ0n) is 16.5. The molecule has 0 atom stereocenters. The molecule has 0 saturated carbocycles. The number of carbonyl (C=O) groups is 1. The number of methoxy groups -OCH3 is 1. The predicted molar refractivity (Wildman–Crippen MR) is 111 cm³/mol. The Bertz CT molecular complexity index is 1030. The third-order valence-electron chi connectivity index (χ3n) is 5.45. The van der Waals surface area contributed by atoms with Crippen LogP contribution in [0.4, 0.5) is 10.1 Å². The van der Waals surface area contributed by atoms with Gasteiger partial charge in [0, 0.05) is 37.3 Å². The third kappa shape index (κ3) is 3.93. The van der Waals surface area contributed by atoms with Gasteiger partial charge < -0.3 is 14.4 Å². The van der Waals surface area contributed by atoms with Gasteiger partial charge in [-0.1, -0.05) is 0 Å². The first-order chi connectivity index (χ1) is 14.1. The number of carbonyl (C=O) groups excluding carboxylic acids is 1. The van der Waals surface area contributed by atoms with Crippen LogP contribution in [0.5, 0.6) is 0 Å². The smallest absolute Gasteiger partial charge is 0.337 e. The van der Waals surface area contributed by atoms with Crippen LogP contribution in [0, 0.1) is 5.82 Å². The lowest BCUT2D eigenvalue weighted by Gasteiger charge is -2.34. The van der Waals surface area contributed by atoms with Gasteiger partial charge in [0.25, 0.3) is 0 Å². The fourth-order valence-electron chi connectivity index (χ4n) is 3.77. The molecular formula is C23H23FN2O3. The van der Waals surface area contributed by atoms with Gasteiger partial charge in [0.05, 0.1) is 29.6 Å². The van der Waals surface area contributed by atoms with Crippen molar-refractivity contribution < 1.29 is 18.7 Å². The number of hydrogen-bond acceptors (Lipinski definition) is 5. The van der Waals surface area contributed by atoms with Crippen LogP contribution in [-0.2, 0) is 9.47 Å². The Morgan fingerprint density at radius 1 is 1.14 bits per heavy atom. The first-order valence-corrected chi connectivity index (χ1v) is 9.66. The minimum Gasteiger partial charge on any atom is -0.465 e. The molecule has 0 amide bonds. The Kier molecular flexibility index (Phi) is 5.45. The van der Waals surface area contributed by atoms with E-state index in [0.717, 1.165) is 53.9 Å². The van der Waals surface area contributed by atoms with E-state index in [1.165, 1.54) is 19.2 Å². The first kappa shape index (κ1) is 19.3. The van der Waals surface area contributed by atoms with Gasteiger partial charge in [0.2, 0.25) is 0 Å². The number of anilines is 1. The van der Waals surface area contributed by atoms with Crippen molar-refractivity contribution in [3.8, 4) is 11.3 Å². The van der Waals surface area contributed by atoms with E-state index in [2.05, 4.69) is 11.9 Å². The van der Waals surface area contributed by atoms with E-state index >= 15 is 0 Å². The third-order valence-corrected chi connectivity index (χ3v) is 5.45. The standard InChI is InChI=1S/C23H23FN2O3/c1-26(19-9-11-29-12-10-19)21-14-17-13-16(23(27)28-2)5-8-20(17)25-22(21)15-3-6-18(24)7-4-15/h3-8,13-14,19H,9-12H2,1-2H3. The van der Waals surface area contributed by atoms with Crippen molar-refractivity contribution in [3.63, 3.8) is 0 Å². The van der Waals surface area contributed by atoms with Gasteiger partial charge in [-0.3, -0.25) is 0 Å². The average Bonchev–Trinajstić information content (AvgIpc) is 2.78. The molecule has 0 radical (unpaired) electrons. The molecule has 0 unspecified atom stereocenters. The van der Waals surface area contributed by atoms with Crippen molar-refractivity contribution in [2.24, 2.45) is 0 Å². The first-order valence-electron chi connectivity index (χ1n) is 9.66. The molecular weight excluding hydrogens is 371 g/mol. The Morgan fingerprint density at radius 3 is 2.55 bits per heavy atom. The zero-order chi connectivity index (χ0) is 20.4. The van der Waals surface area contributed by atoms with Gasteiger partial charge in [-0.25, -0.2) is 14.2 Å². The molecule has 6 heteroatoms. The molecule has 1 fully saturated rings. The number of ether oxygens (including phenoxy) is 2. The molecule has 3 aromatic rings. The number of aromatic nitrogens is 1. The Hall–Kier alpha value is -2.99. The van der Waals surface area contributed by atoms with Gasteiger partial charge in [-0.15, -0.1) is 0 Å². The van der Waals surface area contributed by atoms with E-state index in [1.54, 1.807) is 24.3 Å². The molecule has 150 valence electrons. The highest BCUT2D eigenvalue weighted by atomic mass is 19.1. The monoisotopic (exact) mass is 394 g/mol. The lowest BCUT2D eigenvalue weighted by molar-refractivity contribution is 0.0601. The SMILES string of the molecule is COC(=O)c1ccc2nc(-c3ccc(F)cc3)c(N(C)C3CCOCC3)cc2c1. The highest BCUT2D eigenvalue weighted by Crippen LogP contribution is 2.34. The topological polar surface area (TPSA) is 51.7 Å². The highest BCUT2D eigenvalue weighted by Gasteiger charge is 2.22. The van der Waals surface area contributed by atoms with Gasteiger partial charge in [0.15, 0.2) is 0 Å². The molecule has 1 saturated heterocycles. The van der Waals surface area contributed by atoms with Gasteiger partial charge in [0.1, 0.15) is 5.82 Å². The number of hydrogen-bond donors (Lipinski definition) is 0. The summed E-state index contributed by atoms with van der Waals surface area (Å²) in [4.78, 5) is 19.0. The summed E-state index contributed by atoms with van der Waals surface area (Å²) in [7, 11) is 3.42. The fraction of sp³-hybridized carbons (Fsp3) is 0.304. The Balaban J connectivity index is 1.86. The predicted octanol–water partition coefficient (Wildman–Crippen LogP) is 4.44. The van der Waals surface area contributed by atoms with Gasteiger partial charge >= 0.3 is 5.97 Å². The van der Waals surface area contributed by atoms with Crippen molar-refractivity contribution in [3.05, 3.63) is 59.9 Å². The summed E-state index contributed by atoms with van der Waals surface area (Å²) in [6.07, 6.45) is 1.86. The van der Waals surface area contributed by atoms with Crippen molar-refractivity contribution in [2.45, 2.75) is 18.9 Å². The van der Waals surface area contributed by atoms with Crippen LogP contribution >= 0.6 is 0 Å². The van der Waals surface area contributed by atoms with E-state index in [0.29, 0.717) is 11.6 Å². The molecule has 4 rings (SSSR count). The number of pyridine rings is 1. The zero-order valence-corrected chi connectivity index (χ0v) is 16.5. The molecule has 2 aromatic carbocycles. The van der Waals surface area contributed by atoms with E-state index in [1.807, 2.05) is 12.1 Å². The summed E-state index contributed by atoms with van der Waals surface area (Å²) in [5.41, 5.74) is 3.83. The summed E-state index contributed by atoms with van der Waals surface area (Å²) in [6.45, 7) is 1.46. The van der Waals surface area contributed by atoms with Crippen LogP contribution in [0.3, 0.4) is 0 Å². The molecule has 0 N–H and O–H groups in total. The van der Waals surface area contributed by atoms with Gasteiger partial charge in [-0.05, 0) is 61.4 Å². The van der Waals surface area contributed by atoms with Crippen LogP contribution in [0.25, 0.3) is 22.2 Å². The van der Waals surface area contributed by atoms with Crippen LogP contribution < -0.4 is 4.90 Å². The Morgan fingerprint density at radius 2 is 1.86 bits per heavy atom. The number of esters is 1. The molecule has 0 spiro atoms. The van der Waals surface area contributed by atoms with E-state index in [-0.39, 0.29) is 11.8 Å². The minimum absolute atomic E-state index is 0.281. The lowest BCUT2D eigenvalue weighted by atomic mass is 10.0. The van der Waals surface area contributed by atoms with Crippen molar-refractivity contribution in [1.82, 2.24) is 4.98 Å². The maximum absolute atomic E-state index is 13.5. The molecule has 29 heavy (non-hydrogen) atoms. The van der Waals surface area contributed by atoms with E-state index in [4.69, 9.17) is 14.5 Å². The van der Waals surface area contributed by atoms with Crippen molar-refractivity contribution >= 4 is 22.6 Å². The second-order valence-corrected chi connectivity index (χ2v) is 7.22. The summed E-state index contributed by atoms with van der Waals surface area (Å²) in [5, 5.41) is 0.854. The van der Waals surface area contributed by atoms with E-state index < -0.39 is 0 Å². The van der Waals surface area contributed by atoms with Crippen molar-refractivity contribution in [1.29, 1.82) is 0 Å². The van der Waals surface area contributed by atoms with Gasteiger partial charge in [-0.2, -0.15) is 0 Å². The number of nitrogens with zero attached hydrogens (tertiary/aromatic N) is 2. The number of halogens is 1. The maximum atomic E-state index is 13.5. The number of fused-ring (bicyclic) bond motifs is 1.